The van der Waals surface area contributed by atoms with Gasteiger partial charge in [0.05, 0.1) is 5.56 Å². The normalized spacial score (nSPS) is 13.9. The van der Waals surface area contributed by atoms with Crippen LogP contribution < -0.4 is 5.32 Å². The van der Waals surface area contributed by atoms with E-state index in [0.717, 1.165) is 30.7 Å². The first-order valence-corrected chi connectivity index (χ1v) is 6.21. The summed E-state index contributed by atoms with van der Waals surface area (Å²) in [6.07, 6.45) is -3.20. The highest BCUT2D eigenvalue weighted by atomic mass is 19.4. The molecule has 0 bridgehead atoms. The minimum atomic E-state index is -4.26. The number of benzene rings is 1. The fraction of sp³-hybridized carbons (Fsp3) is 0.571. The first-order valence-electron chi connectivity index (χ1n) is 6.21. The number of alkyl halides is 3. The lowest BCUT2D eigenvalue weighted by Crippen LogP contribution is -2.21. The third kappa shape index (κ3) is 4.69. The summed E-state index contributed by atoms with van der Waals surface area (Å²) >= 11 is 0. The van der Waals surface area contributed by atoms with Crippen LogP contribution >= 0.6 is 0 Å². The zero-order chi connectivity index (χ0) is 13.8. The molecule has 0 spiro atoms. The van der Waals surface area contributed by atoms with Crippen LogP contribution in [0.25, 0.3) is 0 Å². The molecule has 0 saturated heterocycles. The largest absolute Gasteiger partial charge is 0.416 e. The number of hydrogen-bond donors (Lipinski definition) is 1. The molecule has 0 amide bonds. The first kappa shape index (κ1) is 15.0. The summed E-state index contributed by atoms with van der Waals surface area (Å²) in [6.45, 7) is 7.12. The van der Waals surface area contributed by atoms with Crippen molar-refractivity contribution in [1.82, 2.24) is 5.32 Å². The van der Waals surface area contributed by atoms with Gasteiger partial charge in [-0.1, -0.05) is 26.0 Å². The van der Waals surface area contributed by atoms with E-state index in [1.54, 1.807) is 0 Å². The fourth-order valence-corrected chi connectivity index (χ4v) is 1.67. The molecule has 1 atom stereocenters. The van der Waals surface area contributed by atoms with Crippen LogP contribution in [0.15, 0.2) is 24.3 Å². The Bertz CT molecular complexity index is 354. The van der Waals surface area contributed by atoms with E-state index < -0.39 is 11.7 Å². The summed E-state index contributed by atoms with van der Waals surface area (Å²) in [7, 11) is 0. The second-order valence-electron chi connectivity index (χ2n) is 4.98. The lowest BCUT2D eigenvalue weighted by molar-refractivity contribution is -0.137. The quantitative estimate of drug-likeness (QED) is 0.826. The first-order chi connectivity index (χ1) is 8.30. The molecule has 0 fully saturated rings. The molecule has 18 heavy (non-hydrogen) atoms. The Morgan fingerprint density at radius 1 is 1.06 bits per heavy atom. The van der Waals surface area contributed by atoms with Gasteiger partial charge < -0.3 is 5.32 Å². The Morgan fingerprint density at radius 3 is 2.06 bits per heavy atom. The summed E-state index contributed by atoms with van der Waals surface area (Å²) in [5.74, 6) is 0.623. The molecule has 1 rings (SSSR count). The van der Waals surface area contributed by atoms with E-state index >= 15 is 0 Å². The molecular formula is C14H20F3N. The van der Waals surface area contributed by atoms with Crippen molar-refractivity contribution in [2.45, 2.75) is 39.4 Å². The average molecular weight is 259 g/mol. The highest BCUT2D eigenvalue weighted by Gasteiger charge is 2.30. The summed E-state index contributed by atoms with van der Waals surface area (Å²) in [5.41, 5.74) is 0.285. The lowest BCUT2D eigenvalue weighted by Gasteiger charge is -2.16. The Morgan fingerprint density at radius 2 is 1.61 bits per heavy atom. The number of nitrogens with one attached hydrogen (secondary N) is 1. The molecule has 0 aliphatic carbocycles. The van der Waals surface area contributed by atoms with Gasteiger partial charge in [-0.05, 0) is 43.5 Å². The predicted octanol–water partition coefficient (Wildman–Crippen LogP) is 4.40. The molecule has 0 saturated carbocycles. The highest BCUT2D eigenvalue weighted by Crippen LogP contribution is 2.29. The molecule has 1 nitrogen and oxygen atoms in total. The molecule has 1 unspecified atom stereocenters. The van der Waals surface area contributed by atoms with E-state index in [-0.39, 0.29) is 6.04 Å². The van der Waals surface area contributed by atoms with Crippen LogP contribution in [0, 0.1) is 5.92 Å². The second kappa shape index (κ2) is 6.23. The Hall–Kier alpha value is -1.03. The van der Waals surface area contributed by atoms with Crippen molar-refractivity contribution in [3.8, 4) is 0 Å². The summed E-state index contributed by atoms with van der Waals surface area (Å²) in [5, 5.41) is 3.31. The lowest BCUT2D eigenvalue weighted by atomic mass is 10.1. The molecular weight excluding hydrogens is 239 g/mol. The Labute approximate surface area is 106 Å². The van der Waals surface area contributed by atoms with Gasteiger partial charge in [0.25, 0.3) is 0 Å². The van der Waals surface area contributed by atoms with Crippen molar-refractivity contribution in [2.75, 3.05) is 6.54 Å². The van der Waals surface area contributed by atoms with Gasteiger partial charge in [0, 0.05) is 6.04 Å². The predicted molar refractivity (Wildman–Crippen MR) is 67.3 cm³/mol. The highest BCUT2D eigenvalue weighted by molar-refractivity contribution is 5.26. The topological polar surface area (TPSA) is 12.0 Å². The SMILES string of the molecule is CC(C)CCNC(C)c1ccc(C(F)(F)F)cc1. The molecule has 0 aromatic heterocycles. The van der Waals surface area contributed by atoms with Gasteiger partial charge in [0.15, 0.2) is 0 Å². The minimum absolute atomic E-state index is 0.0750. The maximum Gasteiger partial charge on any atom is 0.416 e. The summed E-state index contributed by atoms with van der Waals surface area (Å²) in [6, 6.07) is 5.42. The van der Waals surface area contributed by atoms with Crippen molar-refractivity contribution >= 4 is 0 Å². The standard InChI is InChI=1S/C14H20F3N/c1-10(2)8-9-18-11(3)12-4-6-13(7-5-12)14(15,16)17/h4-7,10-11,18H,8-9H2,1-3H3. The second-order valence-corrected chi connectivity index (χ2v) is 4.98. The van der Waals surface area contributed by atoms with Gasteiger partial charge in [0.2, 0.25) is 0 Å². The van der Waals surface area contributed by atoms with E-state index in [2.05, 4.69) is 19.2 Å². The third-order valence-electron chi connectivity index (χ3n) is 2.91. The van der Waals surface area contributed by atoms with E-state index in [1.807, 2.05) is 6.92 Å². The van der Waals surface area contributed by atoms with Gasteiger partial charge in [-0.15, -0.1) is 0 Å². The Balaban J connectivity index is 2.56. The molecule has 1 aromatic carbocycles. The van der Waals surface area contributed by atoms with E-state index in [1.165, 1.54) is 12.1 Å². The van der Waals surface area contributed by atoms with Crippen LogP contribution in [-0.2, 0) is 6.18 Å². The van der Waals surface area contributed by atoms with Crippen molar-refractivity contribution in [2.24, 2.45) is 5.92 Å². The van der Waals surface area contributed by atoms with Crippen molar-refractivity contribution in [3.05, 3.63) is 35.4 Å². The Kier molecular flexibility index (Phi) is 5.20. The maximum atomic E-state index is 12.4. The van der Waals surface area contributed by atoms with Gasteiger partial charge in [0.1, 0.15) is 0 Å². The van der Waals surface area contributed by atoms with Crippen molar-refractivity contribution in [1.29, 1.82) is 0 Å². The van der Waals surface area contributed by atoms with Gasteiger partial charge in [-0.3, -0.25) is 0 Å². The third-order valence-corrected chi connectivity index (χ3v) is 2.91. The van der Waals surface area contributed by atoms with Crippen molar-refractivity contribution < 1.29 is 13.2 Å². The maximum absolute atomic E-state index is 12.4. The monoisotopic (exact) mass is 259 g/mol. The van der Waals surface area contributed by atoms with E-state index in [4.69, 9.17) is 0 Å². The number of halogens is 3. The molecule has 4 heteroatoms. The van der Waals surface area contributed by atoms with Crippen molar-refractivity contribution in [3.63, 3.8) is 0 Å². The molecule has 1 aromatic rings. The van der Waals surface area contributed by atoms with Gasteiger partial charge >= 0.3 is 6.18 Å². The molecule has 102 valence electrons. The summed E-state index contributed by atoms with van der Waals surface area (Å²) < 4.78 is 37.2. The van der Waals surface area contributed by atoms with E-state index in [9.17, 15) is 13.2 Å². The number of hydrogen-bond acceptors (Lipinski definition) is 1. The van der Waals surface area contributed by atoms with Crippen LogP contribution in [0.3, 0.4) is 0 Å². The van der Waals surface area contributed by atoms with Crippen LogP contribution in [0.1, 0.15) is 44.4 Å². The van der Waals surface area contributed by atoms with Gasteiger partial charge in [-0.25, -0.2) is 0 Å². The molecule has 0 aliphatic rings. The molecule has 0 radical (unpaired) electrons. The van der Waals surface area contributed by atoms with Crippen LogP contribution in [-0.4, -0.2) is 6.54 Å². The molecule has 0 aliphatic heterocycles. The summed E-state index contributed by atoms with van der Waals surface area (Å²) in [4.78, 5) is 0. The zero-order valence-corrected chi connectivity index (χ0v) is 11.0. The zero-order valence-electron chi connectivity index (χ0n) is 11.0. The number of rotatable bonds is 5. The smallest absolute Gasteiger partial charge is 0.310 e. The molecule has 0 heterocycles. The van der Waals surface area contributed by atoms with Crippen LogP contribution in [0.4, 0.5) is 13.2 Å². The van der Waals surface area contributed by atoms with E-state index in [0.29, 0.717) is 5.92 Å². The van der Waals surface area contributed by atoms with Gasteiger partial charge in [-0.2, -0.15) is 13.2 Å². The van der Waals surface area contributed by atoms with Crippen LogP contribution in [0.5, 0.6) is 0 Å². The average Bonchev–Trinajstić information content (AvgIpc) is 2.27. The van der Waals surface area contributed by atoms with Crippen LogP contribution in [0.2, 0.25) is 0 Å². The molecule has 1 N–H and O–H groups in total. The minimum Gasteiger partial charge on any atom is -0.310 e. The fourth-order valence-electron chi connectivity index (χ4n) is 1.67.